The van der Waals surface area contributed by atoms with Crippen LogP contribution in [0.2, 0.25) is 0 Å². The van der Waals surface area contributed by atoms with Crippen LogP contribution >= 0.6 is 22.7 Å². The van der Waals surface area contributed by atoms with E-state index in [4.69, 9.17) is 0 Å². The van der Waals surface area contributed by atoms with Gasteiger partial charge in [0.1, 0.15) is 9.22 Å². The van der Waals surface area contributed by atoms with Gasteiger partial charge in [-0.2, -0.15) is 0 Å². The smallest absolute Gasteiger partial charge is 0.250 e. The third kappa shape index (κ3) is 4.29. The van der Waals surface area contributed by atoms with Crippen LogP contribution in [-0.4, -0.2) is 43.3 Å². The maximum absolute atomic E-state index is 12.2. The van der Waals surface area contributed by atoms with E-state index < -0.39 is 10.0 Å². The summed E-state index contributed by atoms with van der Waals surface area (Å²) in [7, 11) is -3.45. The van der Waals surface area contributed by atoms with Gasteiger partial charge >= 0.3 is 0 Å². The van der Waals surface area contributed by atoms with Crippen LogP contribution in [-0.2, 0) is 14.8 Å². The summed E-state index contributed by atoms with van der Waals surface area (Å²) in [5, 5.41) is 4.39. The number of aromatic nitrogens is 1. The van der Waals surface area contributed by atoms with E-state index in [2.05, 4.69) is 9.71 Å². The second-order valence-electron chi connectivity index (χ2n) is 5.36. The first kappa shape index (κ1) is 17.3. The lowest BCUT2D eigenvalue weighted by molar-refractivity contribution is -0.126. The molecule has 1 aliphatic heterocycles. The minimum atomic E-state index is -3.45. The molecule has 1 aliphatic rings. The Labute approximate surface area is 148 Å². The predicted molar refractivity (Wildman–Crippen MR) is 95.4 cm³/mol. The molecule has 0 atom stereocenters. The Bertz CT molecular complexity index is 790. The molecule has 2 aromatic rings. The van der Waals surface area contributed by atoms with Crippen LogP contribution in [0.1, 0.15) is 17.8 Å². The molecule has 1 N–H and O–H groups in total. The van der Waals surface area contributed by atoms with Gasteiger partial charge in [0.2, 0.25) is 15.9 Å². The van der Waals surface area contributed by atoms with Crippen LogP contribution < -0.4 is 4.72 Å². The molecule has 3 heterocycles. The molecule has 9 heteroatoms. The molecule has 2 aromatic heterocycles. The summed E-state index contributed by atoms with van der Waals surface area (Å²) in [6.45, 7) is 1.08. The largest absolute Gasteiger partial charge is 0.339 e. The van der Waals surface area contributed by atoms with E-state index in [9.17, 15) is 13.2 Å². The van der Waals surface area contributed by atoms with E-state index in [1.807, 2.05) is 5.38 Å². The zero-order valence-electron chi connectivity index (χ0n) is 12.8. The number of nitrogens with one attached hydrogen (secondary N) is 1. The molecule has 0 spiro atoms. The first-order chi connectivity index (χ1) is 11.5. The molecule has 1 fully saturated rings. The highest BCUT2D eigenvalue weighted by Gasteiger charge is 2.26. The van der Waals surface area contributed by atoms with Crippen molar-refractivity contribution in [2.75, 3.05) is 13.1 Å². The number of nitrogens with zero attached hydrogens (tertiary/aromatic N) is 2. The molecular weight excluding hydrogens is 366 g/mol. The number of thiazole rings is 1. The third-order valence-corrected chi connectivity index (χ3v) is 7.37. The van der Waals surface area contributed by atoms with Crippen molar-refractivity contribution in [2.24, 2.45) is 0 Å². The van der Waals surface area contributed by atoms with Crippen LogP contribution in [0.15, 0.2) is 39.4 Å². The van der Waals surface area contributed by atoms with Gasteiger partial charge in [-0.05, 0) is 30.4 Å². The predicted octanol–water partition coefficient (Wildman–Crippen LogP) is 2.19. The van der Waals surface area contributed by atoms with Gasteiger partial charge in [-0.3, -0.25) is 4.79 Å². The lowest BCUT2D eigenvalue weighted by Gasteiger charge is -2.31. The van der Waals surface area contributed by atoms with Crippen molar-refractivity contribution >= 4 is 44.7 Å². The standard InChI is InChI=1S/C15H17N3O3S3/c19-14(4-3-13-16-7-11-22-13)18-8-5-12(6-9-18)17-24(20,21)15-2-1-10-23-15/h1-4,7,10-12,17H,5-6,8-9H2/b4-3+. The summed E-state index contributed by atoms with van der Waals surface area (Å²) in [6, 6.07) is 3.17. The first-order valence-corrected chi connectivity index (χ1v) is 10.7. The quantitative estimate of drug-likeness (QED) is 0.803. The lowest BCUT2D eigenvalue weighted by Crippen LogP contribution is -2.46. The van der Waals surface area contributed by atoms with Crippen LogP contribution in [0.3, 0.4) is 0 Å². The summed E-state index contributed by atoms with van der Waals surface area (Å²) in [6.07, 6.45) is 6.15. The molecule has 128 valence electrons. The Morgan fingerprint density at radius 2 is 2.08 bits per heavy atom. The van der Waals surface area contributed by atoms with E-state index >= 15 is 0 Å². The number of sulfonamides is 1. The van der Waals surface area contributed by atoms with Gasteiger partial charge < -0.3 is 4.90 Å². The number of thiophene rings is 1. The van der Waals surface area contributed by atoms with Crippen LogP contribution in [0.25, 0.3) is 6.08 Å². The Morgan fingerprint density at radius 3 is 2.71 bits per heavy atom. The highest BCUT2D eigenvalue weighted by Crippen LogP contribution is 2.19. The van der Waals surface area contributed by atoms with Crippen LogP contribution in [0, 0.1) is 0 Å². The highest BCUT2D eigenvalue weighted by atomic mass is 32.2. The summed E-state index contributed by atoms with van der Waals surface area (Å²) in [4.78, 5) is 18.0. The molecule has 0 aliphatic carbocycles. The van der Waals surface area contributed by atoms with Crippen LogP contribution in [0.5, 0.6) is 0 Å². The Morgan fingerprint density at radius 1 is 1.29 bits per heavy atom. The van der Waals surface area contributed by atoms with Gasteiger partial charge in [-0.1, -0.05) is 6.07 Å². The SMILES string of the molecule is O=C(/C=C/c1nccs1)N1CCC(NS(=O)(=O)c2cccs2)CC1. The summed E-state index contributed by atoms with van der Waals surface area (Å²) in [5.41, 5.74) is 0. The molecular formula is C15H17N3O3S3. The minimum absolute atomic E-state index is 0.0650. The van der Waals surface area contributed by atoms with Gasteiger partial charge in [0.25, 0.3) is 0 Å². The molecule has 6 nitrogen and oxygen atoms in total. The Kier molecular flexibility index (Phi) is 5.44. The average Bonchev–Trinajstić information content (AvgIpc) is 3.26. The molecule has 0 radical (unpaired) electrons. The normalized spacial score (nSPS) is 16.8. The zero-order chi connectivity index (χ0) is 17.0. The first-order valence-electron chi connectivity index (χ1n) is 7.47. The number of likely N-dealkylation sites (tertiary alicyclic amines) is 1. The molecule has 24 heavy (non-hydrogen) atoms. The fourth-order valence-corrected chi connectivity index (χ4v) is 5.32. The summed E-state index contributed by atoms with van der Waals surface area (Å²) in [5.74, 6) is -0.0650. The van der Waals surface area contributed by atoms with Gasteiger partial charge in [-0.25, -0.2) is 18.1 Å². The van der Waals surface area contributed by atoms with E-state index in [-0.39, 0.29) is 11.9 Å². The maximum Gasteiger partial charge on any atom is 0.250 e. The molecule has 0 saturated carbocycles. The molecule has 0 unspecified atom stereocenters. The number of piperidine rings is 1. The number of amides is 1. The molecule has 0 bridgehead atoms. The minimum Gasteiger partial charge on any atom is -0.339 e. The topological polar surface area (TPSA) is 79.4 Å². The summed E-state index contributed by atoms with van der Waals surface area (Å²) < 4.78 is 27.5. The van der Waals surface area contributed by atoms with E-state index in [0.717, 1.165) is 5.01 Å². The number of carbonyl (C=O) groups is 1. The number of hydrogen-bond acceptors (Lipinski definition) is 6. The fourth-order valence-electron chi connectivity index (χ4n) is 2.48. The average molecular weight is 384 g/mol. The second kappa shape index (κ2) is 7.56. The molecule has 1 saturated heterocycles. The van der Waals surface area contributed by atoms with Crippen molar-refractivity contribution in [3.63, 3.8) is 0 Å². The number of carbonyl (C=O) groups excluding carboxylic acids is 1. The van der Waals surface area contributed by atoms with Gasteiger partial charge in [0.05, 0.1) is 0 Å². The van der Waals surface area contributed by atoms with E-state index in [1.165, 1.54) is 28.7 Å². The Balaban J connectivity index is 1.51. The number of hydrogen-bond donors (Lipinski definition) is 1. The van der Waals surface area contributed by atoms with Gasteiger partial charge in [0.15, 0.2) is 0 Å². The van der Waals surface area contributed by atoms with E-state index in [1.54, 1.807) is 34.7 Å². The maximum atomic E-state index is 12.2. The van der Waals surface area contributed by atoms with Crippen molar-refractivity contribution in [1.82, 2.24) is 14.6 Å². The third-order valence-electron chi connectivity index (χ3n) is 3.71. The lowest BCUT2D eigenvalue weighted by atomic mass is 10.1. The van der Waals surface area contributed by atoms with Crippen molar-refractivity contribution in [3.05, 3.63) is 40.2 Å². The Hall–Kier alpha value is -1.55. The zero-order valence-corrected chi connectivity index (χ0v) is 15.2. The van der Waals surface area contributed by atoms with Crippen molar-refractivity contribution in [3.8, 4) is 0 Å². The van der Waals surface area contributed by atoms with Crippen molar-refractivity contribution < 1.29 is 13.2 Å². The fraction of sp³-hybridized carbons (Fsp3) is 0.333. The highest BCUT2D eigenvalue weighted by molar-refractivity contribution is 7.91. The van der Waals surface area contributed by atoms with E-state index in [0.29, 0.717) is 30.1 Å². The monoisotopic (exact) mass is 383 g/mol. The summed E-state index contributed by atoms with van der Waals surface area (Å²) >= 11 is 2.67. The second-order valence-corrected chi connectivity index (χ2v) is 9.17. The van der Waals surface area contributed by atoms with Crippen molar-refractivity contribution in [1.29, 1.82) is 0 Å². The van der Waals surface area contributed by atoms with Gasteiger partial charge in [-0.15, -0.1) is 22.7 Å². The van der Waals surface area contributed by atoms with Crippen molar-refractivity contribution in [2.45, 2.75) is 23.1 Å². The van der Waals surface area contributed by atoms with Crippen LogP contribution in [0.4, 0.5) is 0 Å². The molecule has 3 rings (SSSR count). The molecule has 0 aromatic carbocycles. The van der Waals surface area contributed by atoms with Gasteiger partial charge in [0, 0.05) is 36.8 Å². The molecule has 1 amide bonds. The number of rotatable bonds is 5.